The molecule has 1 fully saturated rings. The Bertz CT molecular complexity index is 1250. The van der Waals surface area contributed by atoms with E-state index in [0.29, 0.717) is 11.3 Å². The fourth-order valence-corrected chi connectivity index (χ4v) is 3.97. The maximum absolute atomic E-state index is 14.9. The van der Waals surface area contributed by atoms with Crippen LogP contribution in [0, 0.1) is 11.6 Å². The Hall–Kier alpha value is -4.00. The molecule has 3 aromatic carbocycles. The van der Waals surface area contributed by atoms with Crippen molar-refractivity contribution in [1.82, 2.24) is 4.90 Å². The van der Waals surface area contributed by atoms with Crippen molar-refractivity contribution in [3.63, 3.8) is 0 Å². The van der Waals surface area contributed by atoms with E-state index < -0.39 is 35.1 Å². The van der Waals surface area contributed by atoms with E-state index in [1.54, 1.807) is 30.3 Å². The van der Waals surface area contributed by atoms with Gasteiger partial charge >= 0.3 is 0 Å². The zero-order valence-corrected chi connectivity index (χ0v) is 18.7. The number of carbonyl (C=O) groups excluding carboxylic acids is 2. The first kappa shape index (κ1) is 23.2. The number of carbonyl (C=O) groups is 2. The van der Waals surface area contributed by atoms with Crippen molar-refractivity contribution in [1.29, 1.82) is 0 Å². The Morgan fingerprint density at radius 1 is 0.971 bits per heavy atom. The van der Waals surface area contributed by atoms with Crippen LogP contribution in [0.3, 0.4) is 0 Å². The fraction of sp³-hybridized carbons (Fsp3) is 0.185. The van der Waals surface area contributed by atoms with Gasteiger partial charge in [0.2, 0.25) is 0 Å². The summed E-state index contributed by atoms with van der Waals surface area (Å²) in [5, 5.41) is 11.1. The SMILES string of the molecule is CC(C)Oc1ccc(/C(O)=C2/C(=O)C(=O)N(Cc3ccc(F)cc3)C2c2ccccc2F)cc1. The number of aliphatic hydroxyl groups is 1. The number of hydrogen-bond donors (Lipinski definition) is 1. The number of amides is 1. The Kier molecular flexibility index (Phi) is 6.45. The summed E-state index contributed by atoms with van der Waals surface area (Å²) in [6.07, 6.45) is -0.0442. The Balaban J connectivity index is 1.81. The molecule has 1 atom stereocenters. The topological polar surface area (TPSA) is 66.8 Å². The summed E-state index contributed by atoms with van der Waals surface area (Å²) in [6.45, 7) is 3.69. The number of likely N-dealkylation sites (tertiary alicyclic amines) is 1. The number of rotatable bonds is 6. The number of aliphatic hydroxyl groups excluding tert-OH is 1. The Labute approximate surface area is 195 Å². The van der Waals surface area contributed by atoms with Crippen LogP contribution in [0.2, 0.25) is 0 Å². The van der Waals surface area contributed by atoms with Crippen LogP contribution in [0.4, 0.5) is 8.78 Å². The van der Waals surface area contributed by atoms with Crippen molar-refractivity contribution in [2.45, 2.75) is 32.5 Å². The third kappa shape index (κ3) is 4.55. The number of nitrogens with zero attached hydrogens (tertiary/aromatic N) is 1. The van der Waals surface area contributed by atoms with Crippen LogP contribution in [-0.2, 0) is 16.1 Å². The molecule has 0 aliphatic carbocycles. The maximum atomic E-state index is 14.9. The van der Waals surface area contributed by atoms with Gasteiger partial charge in [0.1, 0.15) is 23.1 Å². The van der Waals surface area contributed by atoms with E-state index >= 15 is 0 Å². The number of hydrogen-bond acceptors (Lipinski definition) is 4. The lowest BCUT2D eigenvalue weighted by molar-refractivity contribution is -0.140. The van der Waals surface area contributed by atoms with Crippen LogP contribution in [-0.4, -0.2) is 27.8 Å². The van der Waals surface area contributed by atoms with E-state index in [4.69, 9.17) is 4.74 Å². The average Bonchev–Trinajstić information content (AvgIpc) is 3.05. The van der Waals surface area contributed by atoms with Crippen molar-refractivity contribution in [3.05, 3.63) is 107 Å². The first-order valence-corrected chi connectivity index (χ1v) is 10.8. The minimum atomic E-state index is -1.15. The van der Waals surface area contributed by atoms with Gasteiger partial charge in [-0.15, -0.1) is 0 Å². The summed E-state index contributed by atoms with van der Waals surface area (Å²) < 4.78 is 33.8. The summed E-state index contributed by atoms with van der Waals surface area (Å²) in [5.74, 6) is -2.70. The normalized spacial score (nSPS) is 17.4. The van der Waals surface area contributed by atoms with Crippen LogP contribution in [0.5, 0.6) is 5.75 Å². The zero-order valence-electron chi connectivity index (χ0n) is 18.7. The van der Waals surface area contributed by atoms with E-state index in [1.807, 2.05) is 13.8 Å². The molecule has 1 amide bonds. The van der Waals surface area contributed by atoms with Crippen LogP contribution in [0.15, 0.2) is 78.4 Å². The molecule has 1 heterocycles. The molecule has 0 aromatic heterocycles. The van der Waals surface area contributed by atoms with Crippen LogP contribution < -0.4 is 4.74 Å². The van der Waals surface area contributed by atoms with Crippen molar-refractivity contribution >= 4 is 17.4 Å². The summed E-state index contributed by atoms with van der Waals surface area (Å²) in [4.78, 5) is 27.3. The molecule has 174 valence electrons. The van der Waals surface area contributed by atoms with Gasteiger partial charge in [0.25, 0.3) is 11.7 Å². The fourth-order valence-electron chi connectivity index (χ4n) is 3.97. The molecule has 3 aromatic rings. The second-order valence-electron chi connectivity index (χ2n) is 8.27. The number of benzene rings is 3. The van der Waals surface area contributed by atoms with Crippen molar-refractivity contribution in [3.8, 4) is 5.75 Å². The zero-order chi connectivity index (χ0) is 24.4. The molecule has 1 N–H and O–H groups in total. The molecule has 5 nitrogen and oxygen atoms in total. The third-order valence-electron chi connectivity index (χ3n) is 5.51. The van der Waals surface area contributed by atoms with E-state index in [2.05, 4.69) is 0 Å². The lowest BCUT2D eigenvalue weighted by Crippen LogP contribution is -2.29. The van der Waals surface area contributed by atoms with Crippen molar-refractivity contribution < 1.29 is 28.2 Å². The Morgan fingerprint density at radius 2 is 1.62 bits per heavy atom. The lowest BCUT2D eigenvalue weighted by atomic mass is 9.94. The van der Waals surface area contributed by atoms with Gasteiger partial charge in [0.05, 0.1) is 17.7 Å². The van der Waals surface area contributed by atoms with Gasteiger partial charge in [0.15, 0.2) is 0 Å². The van der Waals surface area contributed by atoms with Gasteiger partial charge in [0, 0.05) is 17.7 Å². The number of ketones is 1. The quantitative estimate of drug-likeness (QED) is 0.303. The van der Waals surface area contributed by atoms with Gasteiger partial charge in [-0.2, -0.15) is 0 Å². The first-order chi connectivity index (χ1) is 16.3. The molecule has 0 radical (unpaired) electrons. The molecule has 1 aliphatic rings. The monoisotopic (exact) mass is 463 g/mol. The van der Waals surface area contributed by atoms with Gasteiger partial charge < -0.3 is 14.7 Å². The molecular formula is C27H23F2NO4. The van der Waals surface area contributed by atoms with E-state index in [-0.39, 0.29) is 29.3 Å². The smallest absolute Gasteiger partial charge is 0.295 e. The van der Waals surface area contributed by atoms with Crippen molar-refractivity contribution in [2.24, 2.45) is 0 Å². The number of halogens is 2. The highest BCUT2D eigenvalue weighted by atomic mass is 19.1. The first-order valence-electron chi connectivity index (χ1n) is 10.8. The molecule has 7 heteroatoms. The molecule has 1 saturated heterocycles. The predicted octanol–water partition coefficient (Wildman–Crippen LogP) is 5.37. The van der Waals surface area contributed by atoms with Crippen molar-refractivity contribution in [2.75, 3.05) is 0 Å². The minimum Gasteiger partial charge on any atom is -0.507 e. The van der Waals surface area contributed by atoms with Crippen LogP contribution in [0.25, 0.3) is 5.76 Å². The summed E-state index contributed by atoms with van der Waals surface area (Å²) >= 11 is 0. The van der Waals surface area contributed by atoms with Gasteiger partial charge in [-0.1, -0.05) is 30.3 Å². The second kappa shape index (κ2) is 9.47. The molecule has 0 spiro atoms. The van der Waals surface area contributed by atoms with Gasteiger partial charge in [-0.25, -0.2) is 8.78 Å². The molecule has 34 heavy (non-hydrogen) atoms. The highest BCUT2D eigenvalue weighted by molar-refractivity contribution is 6.46. The summed E-state index contributed by atoms with van der Waals surface area (Å²) in [7, 11) is 0. The van der Waals surface area contributed by atoms with Crippen LogP contribution in [0.1, 0.15) is 36.6 Å². The molecule has 1 aliphatic heterocycles. The van der Waals surface area contributed by atoms with E-state index in [0.717, 1.165) is 0 Å². The summed E-state index contributed by atoms with van der Waals surface area (Å²) in [6, 6.07) is 16.5. The van der Waals surface area contributed by atoms with E-state index in [1.165, 1.54) is 47.4 Å². The average molecular weight is 463 g/mol. The maximum Gasteiger partial charge on any atom is 0.295 e. The minimum absolute atomic E-state index is 0.0442. The second-order valence-corrected chi connectivity index (χ2v) is 8.27. The number of Topliss-reactive ketones (excluding diaryl/α,β-unsaturated/α-hetero) is 1. The Morgan fingerprint density at radius 3 is 2.24 bits per heavy atom. The molecule has 0 saturated carbocycles. The lowest BCUT2D eigenvalue weighted by Gasteiger charge is -2.25. The number of ether oxygens (including phenoxy) is 1. The van der Waals surface area contributed by atoms with Gasteiger partial charge in [-0.05, 0) is 61.9 Å². The molecule has 0 bridgehead atoms. The highest BCUT2D eigenvalue weighted by Gasteiger charge is 2.46. The molecule has 1 unspecified atom stereocenters. The van der Waals surface area contributed by atoms with Gasteiger partial charge in [-0.3, -0.25) is 9.59 Å². The highest BCUT2D eigenvalue weighted by Crippen LogP contribution is 2.41. The summed E-state index contributed by atoms with van der Waals surface area (Å²) in [5.41, 5.74) is 0.705. The third-order valence-corrected chi connectivity index (χ3v) is 5.51. The predicted molar refractivity (Wildman–Crippen MR) is 123 cm³/mol. The molecular weight excluding hydrogens is 440 g/mol. The van der Waals surface area contributed by atoms with Crippen LogP contribution >= 0.6 is 0 Å². The van der Waals surface area contributed by atoms with E-state index in [9.17, 15) is 23.5 Å². The molecule has 4 rings (SSSR count). The largest absolute Gasteiger partial charge is 0.507 e. The standard InChI is InChI=1S/C27H23F2NO4/c1-16(2)34-20-13-9-18(10-14-20)25(31)23-24(21-5-3-4-6-22(21)29)30(27(33)26(23)32)15-17-7-11-19(28)12-8-17/h3-14,16,24,31H,15H2,1-2H3/b25-23-.